The number of hydrogen-bond acceptors (Lipinski definition) is 3. The molecule has 0 saturated carbocycles. The first-order valence-corrected chi connectivity index (χ1v) is 9.62. The highest BCUT2D eigenvalue weighted by Crippen LogP contribution is 2.24. The number of nitrogens with one attached hydrogen (secondary N) is 2. The highest BCUT2D eigenvalue weighted by atomic mass is 32.1. The van der Waals surface area contributed by atoms with Gasteiger partial charge in [0, 0.05) is 32.7 Å². The normalized spacial score (nSPS) is 16.1. The molecule has 6 heteroatoms. The van der Waals surface area contributed by atoms with Crippen LogP contribution in [0.5, 0.6) is 0 Å². The molecule has 0 atom stereocenters. The molecule has 4 nitrogen and oxygen atoms in total. The van der Waals surface area contributed by atoms with Crippen molar-refractivity contribution in [1.29, 1.82) is 0 Å². The zero-order valence-corrected chi connectivity index (χ0v) is 15.4. The lowest BCUT2D eigenvalue weighted by Crippen LogP contribution is -2.49. The minimum Gasteiger partial charge on any atom is -0.363 e. The summed E-state index contributed by atoms with van der Waals surface area (Å²) in [6.45, 7) is 2.93. The van der Waals surface area contributed by atoms with Crippen molar-refractivity contribution in [2.75, 3.05) is 31.6 Å². The van der Waals surface area contributed by atoms with Crippen molar-refractivity contribution in [3.05, 3.63) is 53.2 Å². The first-order valence-electron chi connectivity index (χ1n) is 8.74. The Bertz CT molecular complexity index is 661. The smallest absolute Gasteiger partial charge is 0.191 e. The van der Waals surface area contributed by atoms with Crippen molar-refractivity contribution in [2.24, 2.45) is 4.99 Å². The Kier molecular flexibility index (Phi) is 6.28. The Balaban J connectivity index is 1.40. The molecule has 0 spiro atoms. The minimum atomic E-state index is -0.192. The lowest BCUT2D eigenvalue weighted by atomic mass is 10.1. The van der Waals surface area contributed by atoms with Crippen molar-refractivity contribution >= 4 is 22.3 Å². The maximum atomic E-state index is 12.9. The van der Waals surface area contributed by atoms with E-state index in [1.807, 2.05) is 12.1 Å². The minimum absolute atomic E-state index is 0.192. The summed E-state index contributed by atoms with van der Waals surface area (Å²) in [7, 11) is 1.80. The van der Waals surface area contributed by atoms with Crippen LogP contribution >= 0.6 is 11.3 Å². The summed E-state index contributed by atoms with van der Waals surface area (Å²) in [5.41, 5.74) is 1.12. The second-order valence-electron chi connectivity index (χ2n) is 6.23. The summed E-state index contributed by atoms with van der Waals surface area (Å²) in [5, 5.41) is 10.4. The Hall–Kier alpha value is -2.08. The standard InChI is InChI=1S/C19H25FN4S/c1-21-19(22-11-8-15-4-6-16(20)7-5-15)23-17-9-12-24(13-10-17)18-3-2-14-25-18/h2-7,14,17H,8-13H2,1H3,(H2,21,22,23). The van der Waals surface area contributed by atoms with Gasteiger partial charge in [0.15, 0.2) is 5.96 Å². The Morgan fingerprint density at radius 2 is 2.00 bits per heavy atom. The van der Waals surface area contributed by atoms with E-state index in [4.69, 9.17) is 0 Å². The van der Waals surface area contributed by atoms with E-state index in [0.717, 1.165) is 50.4 Å². The number of anilines is 1. The van der Waals surface area contributed by atoms with Gasteiger partial charge < -0.3 is 15.5 Å². The fraction of sp³-hybridized carbons (Fsp3) is 0.421. The summed E-state index contributed by atoms with van der Waals surface area (Å²) < 4.78 is 12.9. The summed E-state index contributed by atoms with van der Waals surface area (Å²) in [6.07, 6.45) is 3.06. The molecule has 1 aliphatic rings. The first kappa shape index (κ1) is 17.7. The van der Waals surface area contributed by atoms with Crippen LogP contribution in [0.2, 0.25) is 0 Å². The molecule has 2 heterocycles. The van der Waals surface area contributed by atoms with Crippen molar-refractivity contribution in [3.63, 3.8) is 0 Å². The van der Waals surface area contributed by atoms with Gasteiger partial charge in [0.2, 0.25) is 0 Å². The second kappa shape index (κ2) is 8.85. The average molecular weight is 361 g/mol. The van der Waals surface area contributed by atoms with Crippen molar-refractivity contribution in [1.82, 2.24) is 10.6 Å². The molecule has 0 radical (unpaired) electrons. The number of aliphatic imine (C=N–C) groups is 1. The summed E-state index contributed by atoms with van der Waals surface area (Å²) in [4.78, 5) is 6.77. The van der Waals surface area contributed by atoms with Crippen molar-refractivity contribution < 1.29 is 4.39 Å². The van der Waals surface area contributed by atoms with Gasteiger partial charge in [-0.1, -0.05) is 12.1 Å². The van der Waals surface area contributed by atoms with Crippen LogP contribution < -0.4 is 15.5 Å². The van der Waals surface area contributed by atoms with Gasteiger partial charge in [0.25, 0.3) is 0 Å². The van der Waals surface area contributed by atoms with E-state index < -0.39 is 0 Å². The van der Waals surface area contributed by atoms with Gasteiger partial charge >= 0.3 is 0 Å². The molecular weight excluding hydrogens is 335 g/mol. The third-order valence-electron chi connectivity index (χ3n) is 4.50. The van der Waals surface area contributed by atoms with Crippen LogP contribution in [0, 0.1) is 5.82 Å². The van der Waals surface area contributed by atoms with Crippen LogP contribution in [0.25, 0.3) is 0 Å². The first-order chi connectivity index (χ1) is 12.2. The summed E-state index contributed by atoms with van der Waals surface area (Å²) in [6, 6.07) is 11.4. The van der Waals surface area contributed by atoms with Gasteiger partial charge in [0.1, 0.15) is 5.82 Å². The zero-order valence-electron chi connectivity index (χ0n) is 14.5. The predicted molar refractivity (Wildman–Crippen MR) is 104 cm³/mol. The Morgan fingerprint density at radius 1 is 1.24 bits per heavy atom. The molecule has 25 heavy (non-hydrogen) atoms. The van der Waals surface area contributed by atoms with E-state index in [1.54, 1.807) is 18.4 Å². The highest BCUT2D eigenvalue weighted by Gasteiger charge is 2.20. The SMILES string of the molecule is CN=C(NCCc1ccc(F)cc1)NC1CCN(c2cccs2)CC1. The van der Waals surface area contributed by atoms with Crippen LogP contribution in [-0.4, -0.2) is 38.7 Å². The molecule has 1 saturated heterocycles. The number of benzene rings is 1. The van der Waals surface area contributed by atoms with Crippen LogP contribution in [0.1, 0.15) is 18.4 Å². The fourth-order valence-corrected chi connectivity index (χ4v) is 3.84. The average Bonchev–Trinajstić information content (AvgIpc) is 3.18. The zero-order chi connectivity index (χ0) is 17.5. The largest absolute Gasteiger partial charge is 0.363 e. The molecular formula is C19H25FN4S. The fourth-order valence-electron chi connectivity index (χ4n) is 3.06. The van der Waals surface area contributed by atoms with E-state index in [2.05, 4.69) is 38.0 Å². The van der Waals surface area contributed by atoms with Gasteiger partial charge in [-0.15, -0.1) is 11.3 Å². The van der Waals surface area contributed by atoms with Gasteiger partial charge in [-0.2, -0.15) is 0 Å². The van der Waals surface area contributed by atoms with E-state index in [-0.39, 0.29) is 5.82 Å². The van der Waals surface area contributed by atoms with Gasteiger partial charge in [0.05, 0.1) is 5.00 Å². The number of guanidine groups is 1. The molecule has 0 unspecified atom stereocenters. The van der Waals surface area contributed by atoms with E-state index in [1.165, 1.54) is 17.1 Å². The Labute approximate surface area is 152 Å². The molecule has 0 amide bonds. The number of nitrogens with zero attached hydrogens (tertiary/aromatic N) is 2. The molecule has 0 aliphatic carbocycles. The highest BCUT2D eigenvalue weighted by molar-refractivity contribution is 7.14. The third-order valence-corrected chi connectivity index (χ3v) is 5.43. The monoisotopic (exact) mass is 360 g/mol. The van der Waals surface area contributed by atoms with Gasteiger partial charge in [-0.25, -0.2) is 4.39 Å². The molecule has 2 N–H and O–H groups in total. The van der Waals surface area contributed by atoms with Crippen LogP contribution in [0.3, 0.4) is 0 Å². The van der Waals surface area contributed by atoms with Gasteiger partial charge in [-0.05, 0) is 54.5 Å². The molecule has 1 fully saturated rings. The molecule has 1 aromatic carbocycles. The van der Waals surface area contributed by atoms with Crippen molar-refractivity contribution in [2.45, 2.75) is 25.3 Å². The molecule has 2 aromatic rings. The molecule has 1 aromatic heterocycles. The maximum Gasteiger partial charge on any atom is 0.191 e. The van der Waals surface area contributed by atoms with Crippen LogP contribution in [0.4, 0.5) is 9.39 Å². The number of piperidine rings is 1. The lowest BCUT2D eigenvalue weighted by Gasteiger charge is -2.33. The van der Waals surface area contributed by atoms with E-state index in [0.29, 0.717) is 6.04 Å². The number of rotatable bonds is 5. The quantitative estimate of drug-likeness (QED) is 0.635. The number of hydrogen-bond donors (Lipinski definition) is 2. The van der Waals surface area contributed by atoms with Crippen LogP contribution in [0.15, 0.2) is 46.8 Å². The third kappa shape index (κ3) is 5.19. The molecule has 3 rings (SSSR count). The van der Waals surface area contributed by atoms with E-state index >= 15 is 0 Å². The maximum absolute atomic E-state index is 12.9. The molecule has 0 bridgehead atoms. The lowest BCUT2D eigenvalue weighted by molar-refractivity contribution is 0.463. The second-order valence-corrected chi connectivity index (χ2v) is 7.16. The predicted octanol–water partition coefficient (Wildman–Crippen LogP) is 3.26. The topological polar surface area (TPSA) is 39.7 Å². The number of halogens is 1. The van der Waals surface area contributed by atoms with Crippen LogP contribution in [-0.2, 0) is 6.42 Å². The van der Waals surface area contributed by atoms with Crippen molar-refractivity contribution in [3.8, 4) is 0 Å². The Morgan fingerprint density at radius 3 is 2.64 bits per heavy atom. The summed E-state index contributed by atoms with van der Waals surface area (Å²) in [5.74, 6) is 0.653. The molecule has 134 valence electrons. The van der Waals surface area contributed by atoms with Gasteiger partial charge in [-0.3, -0.25) is 4.99 Å². The molecule has 1 aliphatic heterocycles. The van der Waals surface area contributed by atoms with E-state index in [9.17, 15) is 4.39 Å². The number of thiophene rings is 1. The summed E-state index contributed by atoms with van der Waals surface area (Å²) >= 11 is 1.80.